The molecule has 0 radical (unpaired) electrons. The van der Waals surface area contributed by atoms with Crippen molar-refractivity contribution < 1.29 is 8.42 Å². The van der Waals surface area contributed by atoms with Gasteiger partial charge in [-0.1, -0.05) is 18.9 Å². The van der Waals surface area contributed by atoms with E-state index in [1.54, 1.807) is 12.1 Å². The first kappa shape index (κ1) is 14.5. The van der Waals surface area contributed by atoms with E-state index < -0.39 is 15.6 Å². The molecule has 5 nitrogen and oxygen atoms in total. The van der Waals surface area contributed by atoms with E-state index >= 15 is 0 Å². The van der Waals surface area contributed by atoms with Gasteiger partial charge in [0.2, 0.25) is 10.0 Å². The summed E-state index contributed by atoms with van der Waals surface area (Å²) in [4.78, 5) is 0.288. The van der Waals surface area contributed by atoms with Crippen molar-refractivity contribution in [1.82, 2.24) is 4.72 Å². The molecule has 1 saturated carbocycles. The number of amidine groups is 1. The molecule has 114 valence electrons. The molecular weight excluding hydrogens is 286 g/mol. The van der Waals surface area contributed by atoms with Gasteiger partial charge in [-0.25, -0.2) is 8.42 Å². The fourth-order valence-corrected chi connectivity index (χ4v) is 4.93. The summed E-state index contributed by atoms with van der Waals surface area (Å²) in [5, 5.41) is 7.76. The van der Waals surface area contributed by atoms with Crippen molar-refractivity contribution in [3.8, 4) is 0 Å². The number of fused-ring (bicyclic) bond motifs is 1. The highest BCUT2D eigenvalue weighted by atomic mass is 32.2. The van der Waals surface area contributed by atoms with E-state index in [0.717, 1.165) is 37.7 Å². The lowest BCUT2D eigenvalue weighted by Crippen LogP contribution is -2.55. The summed E-state index contributed by atoms with van der Waals surface area (Å²) in [6.07, 6.45) is 6.05. The number of sulfonamides is 1. The summed E-state index contributed by atoms with van der Waals surface area (Å²) < 4.78 is 28.0. The van der Waals surface area contributed by atoms with Crippen LogP contribution in [0, 0.1) is 5.41 Å². The second-order valence-electron chi connectivity index (χ2n) is 6.09. The van der Waals surface area contributed by atoms with Gasteiger partial charge in [0, 0.05) is 0 Å². The van der Waals surface area contributed by atoms with Crippen molar-refractivity contribution >= 4 is 15.9 Å². The smallest absolute Gasteiger partial charge is 0.241 e. The van der Waals surface area contributed by atoms with Crippen LogP contribution in [0.25, 0.3) is 0 Å². The summed E-state index contributed by atoms with van der Waals surface area (Å²) in [5.74, 6) is -0.0789. The fraction of sp³-hybridized carbons (Fsp3) is 0.533. The van der Waals surface area contributed by atoms with E-state index in [-0.39, 0.29) is 10.7 Å². The topological polar surface area (TPSA) is 96.0 Å². The third-order valence-corrected chi connectivity index (χ3v) is 6.22. The van der Waals surface area contributed by atoms with Gasteiger partial charge < -0.3 is 5.73 Å². The van der Waals surface area contributed by atoms with Crippen molar-refractivity contribution in [3.05, 3.63) is 29.3 Å². The highest BCUT2D eigenvalue weighted by molar-refractivity contribution is 7.89. The molecule has 1 aromatic carbocycles. The number of hydrogen-bond acceptors (Lipinski definition) is 3. The summed E-state index contributed by atoms with van der Waals surface area (Å²) >= 11 is 0. The zero-order valence-electron chi connectivity index (χ0n) is 12.0. The Labute approximate surface area is 125 Å². The van der Waals surface area contributed by atoms with Crippen LogP contribution in [0.5, 0.6) is 0 Å². The largest absolute Gasteiger partial charge is 0.386 e. The summed E-state index contributed by atoms with van der Waals surface area (Å²) in [7, 11) is -3.64. The van der Waals surface area contributed by atoms with Crippen LogP contribution in [0.15, 0.2) is 23.1 Å². The molecule has 0 aliphatic heterocycles. The number of nitrogens with two attached hydrogens (primary N) is 1. The molecule has 1 fully saturated rings. The molecule has 6 heteroatoms. The van der Waals surface area contributed by atoms with Crippen LogP contribution < -0.4 is 10.5 Å². The second kappa shape index (κ2) is 5.10. The minimum absolute atomic E-state index is 0.0789. The Kier molecular flexibility index (Phi) is 3.53. The second-order valence-corrected chi connectivity index (χ2v) is 7.77. The molecule has 0 amide bonds. The maximum Gasteiger partial charge on any atom is 0.241 e. The van der Waals surface area contributed by atoms with Crippen LogP contribution in [0.1, 0.15) is 43.2 Å². The summed E-state index contributed by atoms with van der Waals surface area (Å²) in [5.41, 5.74) is 7.15. The van der Waals surface area contributed by atoms with Gasteiger partial charge in [-0.15, -0.1) is 0 Å². The molecule has 0 aromatic heterocycles. The Hall–Kier alpha value is -1.40. The van der Waals surface area contributed by atoms with E-state index in [2.05, 4.69) is 4.72 Å². The number of rotatable bonds is 4. The van der Waals surface area contributed by atoms with Gasteiger partial charge in [0.25, 0.3) is 0 Å². The van der Waals surface area contributed by atoms with Crippen molar-refractivity contribution in [1.29, 1.82) is 5.41 Å². The Bertz CT molecular complexity index is 676. The molecule has 4 N–H and O–H groups in total. The average Bonchev–Trinajstić information content (AvgIpc) is 3.06. The van der Waals surface area contributed by atoms with Gasteiger partial charge >= 0.3 is 0 Å². The summed E-state index contributed by atoms with van der Waals surface area (Å²) in [6.45, 7) is 0. The number of hydrogen-bond donors (Lipinski definition) is 3. The minimum atomic E-state index is -3.64. The van der Waals surface area contributed by atoms with Gasteiger partial charge in [-0.3, -0.25) is 5.41 Å². The van der Waals surface area contributed by atoms with Crippen molar-refractivity contribution in [3.63, 3.8) is 0 Å². The highest BCUT2D eigenvalue weighted by Crippen LogP contribution is 2.32. The molecule has 0 saturated heterocycles. The van der Waals surface area contributed by atoms with Crippen LogP contribution in [-0.2, 0) is 22.9 Å². The predicted molar refractivity (Wildman–Crippen MR) is 81.9 cm³/mol. The van der Waals surface area contributed by atoms with E-state index in [4.69, 9.17) is 11.1 Å². The predicted octanol–water partition coefficient (Wildman–Crippen LogP) is 1.70. The Morgan fingerprint density at radius 2 is 1.81 bits per heavy atom. The Morgan fingerprint density at radius 1 is 1.14 bits per heavy atom. The molecule has 2 aliphatic carbocycles. The lowest BCUT2D eigenvalue weighted by Gasteiger charge is -2.28. The number of benzene rings is 1. The van der Waals surface area contributed by atoms with Crippen molar-refractivity contribution in [2.75, 3.05) is 0 Å². The van der Waals surface area contributed by atoms with E-state index in [1.807, 2.05) is 6.07 Å². The molecule has 3 rings (SSSR count). The van der Waals surface area contributed by atoms with Gasteiger partial charge in [-0.2, -0.15) is 4.72 Å². The third kappa shape index (κ3) is 2.58. The SMILES string of the molecule is N=C(N)C1(NS(=O)(=O)c2ccc3c(c2)CCC3)CCCC1. The maximum atomic E-state index is 12.6. The standard InChI is InChI=1S/C15H21N3O2S/c16-14(17)15(8-1-2-9-15)18-21(19,20)13-7-6-11-4-3-5-12(11)10-13/h6-7,10,18H,1-5,8-9H2,(H3,16,17). The Morgan fingerprint density at radius 3 is 2.48 bits per heavy atom. The molecule has 0 spiro atoms. The molecule has 2 aliphatic rings. The zero-order chi connectivity index (χ0) is 15.1. The normalized spacial score (nSPS) is 20.4. The van der Waals surface area contributed by atoms with E-state index in [1.165, 1.54) is 5.56 Å². The number of nitrogens with one attached hydrogen (secondary N) is 2. The quantitative estimate of drug-likeness (QED) is 0.583. The highest BCUT2D eigenvalue weighted by Gasteiger charge is 2.41. The van der Waals surface area contributed by atoms with Gasteiger partial charge in [0.15, 0.2) is 0 Å². The molecule has 1 aromatic rings. The first-order chi connectivity index (χ1) is 9.93. The molecule has 0 unspecified atom stereocenters. The fourth-order valence-electron chi connectivity index (χ4n) is 3.44. The molecule has 0 bridgehead atoms. The first-order valence-corrected chi connectivity index (χ1v) is 8.92. The minimum Gasteiger partial charge on any atom is -0.386 e. The van der Waals surface area contributed by atoms with E-state index in [9.17, 15) is 8.42 Å². The van der Waals surface area contributed by atoms with Gasteiger partial charge in [-0.05, 0) is 55.4 Å². The van der Waals surface area contributed by atoms with E-state index in [0.29, 0.717) is 12.8 Å². The lowest BCUT2D eigenvalue weighted by molar-refractivity contribution is 0.496. The zero-order valence-corrected chi connectivity index (χ0v) is 12.8. The molecule has 21 heavy (non-hydrogen) atoms. The number of aryl methyl sites for hydroxylation is 2. The van der Waals surface area contributed by atoms with Crippen LogP contribution >= 0.6 is 0 Å². The molecule has 0 atom stereocenters. The Balaban J connectivity index is 1.92. The molecule has 0 heterocycles. The first-order valence-electron chi connectivity index (χ1n) is 7.43. The van der Waals surface area contributed by atoms with Crippen LogP contribution in [0.2, 0.25) is 0 Å². The third-order valence-electron chi connectivity index (χ3n) is 4.68. The summed E-state index contributed by atoms with van der Waals surface area (Å²) in [6, 6.07) is 5.34. The maximum absolute atomic E-state index is 12.6. The molecular formula is C15H21N3O2S. The monoisotopic (exact) mass is 307 g/mol. The van der Waals surface area contributed by atoms with Crippen LogP contribution in [-0.4, -0.2) is 19.8 Å². The van der Waals surface area contributed by atoms with Crippen LogP contribution in [0.3, 0.4) is 0 Å². The van der Waals surface area contributed by atoms with Gasteiger partial charge in [0.05, 0.1) is 10.4 Å². The van der Waals surface area contributed by atoms with Crippen LogP contribution in [0.4, 0.5) is 0 Å². The van der Waals surface area contributed by atoms with Crippen molar-refractivity contribution in [2.45, 2.75) is 55.4 Å². The average molecular weight is 307 g/mol. The lowest BCUT2D eigenvalue weighted by atomic mass is 9.98. The van der Waals surface area contributed by atoms with Crippen molar-refractivity contribution in [2.24, 2.45) is 5.73 Å². The van der Waals surface area contributed by atoms with Gasteiger partial charge in [0.1, 0.15) is 5.84 Å².